The lowest BCUT2D eigenvalue weighted by atomic mass is 10.5. The van der Waals surface area contributed by atoms with Gasteiger partial charge in [0.05, 0.1) is 0 Å². The standard InChI is InChI=1S/C5H8.C3H6.2C2H6.CH3NO2/c1-3-5-4-2;1-3-2;2*1-2;1-2(3)4/h3-5H,1H2,2H3;3H,1H2,2H3;2*1-2H3;1H3/b5-4-;;;;. The van der Waals surface area contributed by atoms with Gasteiger partial charge in [-0.15, -0.1) is 6.58 Å². The summed E-state index contributed by atoms with van der Waals surface area (Å²) in [6, 6.07) is 0. The van der Waals surface area contributed by atoms with Crippen LogP contribution < -0.4 is 0 Å². The molecule has 0 bridgehead atoms. The molecule has 0 heterocycles. The predicted octanol–water partition coefficient (Wildman–Crippen LogP) is 4.89. The van der Waals surface area contributed by atoms with Crippen LogP contribution in [0.3, 0.4) is 0 Å². The van der Waals surface area contributed by atoms with Crippen LogP contribution in [0.15, 0.2) is 37.5 Å². The number of allylic oxidation sites excluding steroid dienone is 4. The molecular formula is C13H29NO2. The van der Waals surface area contributed by atoms with Gasteiger partial charge in [-0.1, -0.05) is 58.6 Å². The lowest BCUT2D eigenvalue weighted by Gasteiger charge is -1.63. The largest absolute Gasteiger partial charge is 0.265 e. The second-order valence-corrected chi connectivity index (χ2v) is 1.61. The summed E-state index contributed by atoms with van der Waals surface area (Å²) in [7, 11) is 0.889. The van der Waals surface area contributed by atoms with Crippen molar-refractivity contribution in [2.75, 3.05) is 7.05 Å². The van der Waals surface area contributed by atoms with Gasteiger partial charge >= 0.3 is 0 Å². The molecule has 0 aromatic heterocycles. The van der Waals surface area contributed by atoms with E-state index in [2.05, 4.69) is 13.2 Å². The van der Waals surface area contributed by atoms with E-state index in [1.165, 1.54) is 0 Å². The summed E-state index contributed by atoms with van der Waals surface area (Å²) < 4.78 is 0. The number of rotatable bonds is 1. The molecule has 0 aromatic carbocycles. The summed E-state index contributed by atoms with van der Waals surface area (Å²) in [5.74, 6) is 0. The summed E-state index contributed by atoms with van der Waals surface area (Å²) in [5, 5.41) is 8.81. The Balaban J connectivity index is -0.0000000334. The smallest absolute Gasteiger partial charge is 0.194 e. The fourth-order valence-corrected chi connectivity index (χ4v) is 0.136. The zero-order valence-electron chi connectivity index (χ0n) is 12.0. The van der Waals surface area contributed by atoms with Gasteiger partial charge in [0.1, 0.15) is 0 Å². The monoisotopic (exact) mass is 231 g/mol. The Morgan fingerprint density at radius 1 is 1.06 bits per heavy atom. The quantitative estimate of drug-likeness (QED) is 0.279. The van der Waals surface area contributed by atoms with E-state index in [4.69, 9.17) is 10.1 Å². The van der Waals surface area contributed by atoms with Crippen molar-refractivity contribution >= 4 is 0 Å². The molecule has 0 saturated carbocycles. The molecule has 0 aliphatic heterocycles. The van der Waals surface area contributed by atoms with Crippen LogP contribution >= 0.6 is 0 Å². The Morgan fingerprint density at radius 2 is 1.25 bits per heavy atom. The normalized spacial score (nSPS) is 5.94. The van der Waals surface area contributed by atoms with Gasteiger partial charge in [0.2, 0.25) is 0 Å². The first kappa shape index (κ1) is 29.3. The van der Waals surface area contributed by atoms with E-state index in [1.807, 2.05) is 53.7 Å². The summed E-state index contributed by atoms with van der Waals surface area (Å²) in [5.41, 5.74) is 0. The summed E-state index contributed by atoms with van der Waals surface area (Å²) >= 11 is 0. The zero-order chi connectivity index (χ0) is 14.4. The van der Waals surface area contributed by atoms with Crippen LogP contribution in [0.25, 0.3) is 0 Å². The molecule has 0 rings (SSSR count). The summed E-state index contributed by atoms with van der Waals surface area (Å²) in [4.78, 5) is 8.31. The van der Waals surface area contributed by atoms with Crippen molar-refractivity contribution < 1.29 is 4.92 Å². The van der Waals surface area contributed by atoms with Crippen molar-refractivity contribution in [3.05, 3.63) is 47.6 Å². The second-order valence-electron chi connectivity index (χ2n) is 1.61. The molecule has 0 N–H and O–H groups in total. The minimum absolute atomic E-state index is 0.500. The van der Waals surface area contributed by atoms with E-state index >= 15 is 0 Å². The molecule has 0 aromatic rings. The number of hydrogen-bond acceptors (Lipinski definition) is 2. The van der Waals surface area contributed by atoms with E-state index in [1.54, 1.807) is 12.2 Å². The van der Waals surface area contributed by atoms with E-state index in [9.17, 15) is 0 Å². The Labute approximate surface area is 102 Å². The van der Waals surface area contributed by atoms with E-state index < -0.39 is 4.92 Å². The fourth-order valence-electron chi connectivity index (χ4n) is 0.136. The number of nitro groups is 1. The van der Waals surface area contributed by atoms with Crippen LogP contribution in [-0.2, 0) is 0 Å². The molecule has 16 heavy (non-hydrogen) atoms. The van der Waals surface area contributed by atoms with Crippen molar-refractivity contribution in [3.8, 4) is 0 Å². The van der Waals surface area contributed by atoms with E-state index in [0.717, 1.165) is 7.05 Å². The Bertz CT molecular complexity index is 137. The van der Waals surface area contributed by atoms with Crippen LogP contribution in [0, 0.1) is 10.1 Å². The highest BCUT2D eigenvalue weighted by Gasteiger charge is 1.57. The third-order valence-electron chi connectivity index (χ3n) is 0.329. The molecule has 0 atom stereocenters. The lowest BCUT2D eigenvalue weighted by molar-refractivity contribution is -0.445. The molecule has 0 aliphatic rings. The van der Waals surface area contributed by atoms with Crippen LogP contribution in [0.4, 0.5) is 0 Å². The first-order valence-corrected chi connectivity index (χ1v) is 5.45. The highest BCUT2D eigenvalue weighted by atomic mass is 16.6. The molecule has 3 nitrogen and oxygen atoms in total. The van der Waals surface area contributed by atoms with E-state index in [0.29, 0.717) is 0 Å². The highest BCUT2D eigenvalue weighted by molar-refractivity contribution is 4.94. The maximum Gasteiger partial charge on any atom is 0.194 e. The van der Waals surface area contributed by atoms with Gasteiger partial charge in [-0.2, -0.15) is 0 Å². The van der Waals surface area contributed by atoms with Gasteiger partial charge in [0.15, 0.2) is 7.05 Å². The van der Waals surface area contributed by atoms with Gasteiger partial charge in [-0.3, -0.25) is 10.1 Å². The lowest BCUT2D eigenvalue weighted by Crippen LogP contribution is -1.79. The predicted molar refractivity (Wildman–Crippen MR) is 76.5 cm³/mol. The average molecular weight is 231 g/mol. The fraction of sp³-hybridized carbons (Fsp3) is 0.538. The topological polar surface area (TPSA) is 43.1 Å². The Kier molecular flexibility index (Phi) is 126. The molecule has 0 fully saturated rings. The van der Waals surface area contributed by atoms with Crippen LogP contribution in [0.5, 0.6) is 0 Å². The van der Waals surface area contributed by atoms with Crippen molar-refractivity contribution in [3.63, 3.8) is 0 Å². The summed E-state index contributed by atoms with van der Waals surface area (Å²) in [6.45, 7) is 18.7. The van der Waals surface area contributed by atoms with Gasteiger partial charge < -0.3 is 0 Å². The second kappa shape index (κ2) is 68.7. The van der Waals surface area contributed by atoms with Crippen molar-refractivity contribution in [1.29, 1.82) is 0 Å². The van der Waals surface area contributed by atoms with Crippen LogP contribution in [0.2, 0.25) is 0 Å². The Hall–Kier alpha value is -1.38. The van der Waals surface area contributed by atoms with Crippen LogP contribution in [0.1, 0.15) is 41.5 Å². The maximum absolute atomic E-state index is 8.81. The zero-order valence-corrected chi connectivity index (χ0v) is 12.0. The molecule has 3 heteroatoms. The molecule has 0 amide bonds. The SMILES string of the molecule is C=C/C=C\C.C=CC.CC.CC.C[N+](=O)[O-]. The first-order valence-electron chi connectivity index (χ1n) is 5.45. The maximum atomic E-state index is 8.81. The number of hydrogen-bond donors (Lipinski definition) is 0. The Morgan fingerprint density at radius 3 is 1.25 bits per heavy atom. The molecule has 0 saturated heterocycles. The van der Waals surface area contributed by atoms with Gasteiger partial charge in [0.25, 0.3) is 0 Å². The molecular weight excluding hydrogens is 202 g/mol. The third kappa shape index (κ3) is 4430. The molecule has 0 spiro atoms. The van der Waals surface area contributed by atoms with Gasteiger partial charge in [-0.25, -0.2) is 0 Å². The average Bonchev–Trinajstić information content (AvgIpc) is 2.25. The number of nitrogens with zero attached hydrogens (tertiary/aromatic N) is 1. The van der Waals surface area contributed by atoms with Gasteiger partial charge in [0, 0.05) is 4.92 Å². The summed E-state index contributed by atoms with van der Waals surface area (Å²) in [6.07, 6.45) is 7.33. The third-order valence-corrected chi connectivity index (χ3v) is 0.329. The molecule has 0 radical (unpaired) electrons. The van der Waals surface area contributed by atoms with Gasteiger partial charge in [-0.05, 0) is 13.8 Å². The highest BCUT2D eigenvalue weighted by Crippen LogP contribution is 1.64. The van der Waals surface area contributed by atoms with Crippen molar-refractivity contribution in [1.82, 2.24) is 0 Å². The van der Waals surface area contributed by atoms with Crippen LogP contribution in [-0.4, -0.2) is 12.0 Å². The minimum Gasteiger partial charge on any atom is -0.265 e. The molecule has 98 valence electrons. The molecule has 0 unspecified atom stereocenters. The van der Waals surface area contributed by atoms with E-state index in [-0.39, 0.29) is 0 Å². The van der Waals surface area contributed by atoms with Crippen molar-refractivity contribution in [2.24, 2.45) is 0 Å². The molecule has 0 aliphatic carbocycles. The first-order chi connectivity index (χ1) is 7.56. The minimum atomic E-state index is -0.500. The van der Waals surface area contributed by atoms with Crippen molar-refractivity contribution in [2.45, 2.75) is 41.5 Å².